The van der Waals surface area contributed by atoms with Gasteiger partial charge < -0.3 is 15.5 Å². The van der Waals surface area contributed by atoms with E-state index >= 15 is 0 Å². The van der Waals surface area contributed by atoms with Gasteiger partial charge in [0.15, 0.2) is 0 Å². The summed E-state index contributed by atoms with van der Waals surface area (Å²) in [5.41, 5.74) is 0. The van der Waals surface area contributed by atoms with Gasteiger partial charge in [-0.2, -0.15) is 0 Å². The van der Waals surface area contributed by atoms with Gasteiger partial charge in [0.2, 0.25) is 5.91 Å². The SMILES string of the molecule is CC(C)CCNC(=O)C1CCCN(C(=O)NC2CC2)C1. The first-order chi connectivity index (χ1) is 9.56. The van der Waals surface area contributed by atoms with Gasteiger partial charge in [-0.15, -0.1) is 0 Å². The van der Waals surface area contributed by atoms with Crippen molar-refractivity contribution >= 4 is 11.9 Å². The number of likely N-dealkylation sites (tertiary alicyclic amines) is 1. The molecule has 2 N–H and O–H groups in total. The van der Waals surface area contributed by atoms with Crippen LogP contribution in [-0.2, 0) is 4.79 Å². The van der Waals surface area contributed by atoms with E-state index in [1.807, 2.05) is 0 Å². The fourth-order valence-electron chi connectivity index (χ4n) is 2.50. The second-order valence-corrected chi connectivity index (χ2v) is 6.48. The number of rotatable bonds is 5. The minimum atomic E-state index is -0.0409. The summed E-state index contributed by atoms with van der Waals surface area (Å²) in [5, 5.41) is 6.00. The quantitative estimate of drug-likeness (QED) is 0.806. The van der Waals surface area contributed by atoms with Crippen molar-refractivity contribution in [2.45, 2.75) is 52.0 Å². The molecule has 1 unspecified atom stereocenters. The molecule has 1 saturated carbocycles. The molecular formula is C15H27N3O2. The van der Waals surface area contributed by atoms with Crippen LogP contribution in [-0.4, -0.2) is 42.5 Å². The number of carbonyl (C=O) groups is 2. The Bertz CT molecular complexity index is 353. The average Bonchev–Trinajstić information content (AvgIpc) is 3.22. The molecule has 1 saturated heterocycles. The van der Waals surface area contributed by atoms with Crippen LogP contribution in [0.1, 0.15) is 46.0 Å². The van der Waals surface area contributed by atoms with Gasteiger partial charge >= 0.3 is 6.03 Å². The molecule has 3 amide bonds. The molecule has 5 heteroatoms. The Morgan fingerprint density at radius 2 is 2.00 bits per heavy atom. The van der Waals surface area contributed by atoms with Crippen molar-refractivity contribution in [3.8, 4) is 0 Å². The fraction of sp³-hybridized carbons (Fsp3) is 0.867. The Morgan fingerprint density at radius 1 is 1.25 bits per heavy atom. The molecule has 1 aliphatic carbocycles. The van der Waals surface area contributed by atoms with Crippen molar-refractivity contribution < 1.29 is 9.59 Å². The number of piperidine rings is 1. The molecule has 1 aliphatic heterocycles. The van der Waals surface area contributed by atoms with Crippen molar-refractivity contribution in [3.63, 3.8) is 0 Å². The maximum absolute atomic E-state index is 12.1. The number of nitrogens with one attached hydrogen (secondary N) is 2. The monoisotopic (exact) mass is 281 g/mol. The molecule has 1 atom stereocenters. The van der Waals surface area contributed by atoms with E-state index in [2.05, 4.69) is 24.5 Å². The molecular weight excluding hydrogens is 254 g/mol. The van der Waals surface area contributed by atoms with Gasteiger partial charge in [0, 0.05) is 25.7 Å². The number of urea groups is 1. The third-order valence-corrected chi connectivity index (χ3v) is 4.01. The van der Waals surface area contributed by atoms with Crippen LogP contribution in [0.3, 0.4) is 0 Å². The highest BCUT2D eigenvalue weighted by atomic mass is 16.2. The lowest BCUT2D eigenvalue weighted by atomic mass is 9.97. The number of hydrogen-bond acceptors (Lipinski definition) is 2. The predicted molar refractivity (Wildman–Crippen MR) is 78.3 cm³/mol. The van der Waals surface area contributed by atoms with E-state index in [4.69, 9.17) is 0 Å². The Hall–Kier alpha value is -1.26. The van der Waals surface area contributed by atoms with Crippen LogP contribution in [0.4, 0.5) is 4.79 Å². The van der Waals surface area contributed by atoms with Crippen molar-refractivity contribution in [1.29, 1.82) is 0 Å². The van der Waals surface area contributed by atoms with Crippen LogP contribution >= 0.6 is 0 Å². The Labute approximate surface area is 121 Å². The Balaban J connectivity index is 1.73. The molecule has 0 aromatic heterocycles. The standard InChI is InChI=1S/C15H27N3O2/c1-11(2)7-8-16-14(19)12-4-3-9-18(10-12)15(20)17-13-5-6-13/h11-13H,3-10H2,1-2H3,(H,16,19)(H,17,20). The molecule has 20 heavy (non-hydrogen) atoms. The smallest absolute Gasteiger partial charge is 0.317 e. The predicted octanol–water partition coefficient (Wildman–Crippen LogP) is 1.73. The lowest BCUT2D eigenvalue weighted by Gasteiger charge is -2.32. The van der Waals surface area contributed by atoms with E-state index in [9.17, 15) is 9.59 Å². The minimum Gasteiger partial charge on any atom is -0.356 e. The van der Waals surface area contributed by atoms with Gasteiger partial charge in [-0.05, 0) is 38.0 Å². The molecule has 114 valence electrons. The van der Waals surface area contributed by atoms with Gasteiger partial charge in [-0.3, -0.25) is 4.79 Å². The molecule has 5 nitrogen and oxygen atoms in total. The number of amides is 3. The fourth-order valence-corrected chi connectivity index (χ4v) is 2.50. The highest BCUT2D eigenvalue weighted by Gasteiger charge is 2.31. The minimum absolute atomic E-state index is 0.00665. The molecule has 0 spiro atoms. The summed E-state index contributed by atoms with van der Waals surface area (Å²) in [5.74, 6) is 0.665. The lowest BCUT2D eigenvalue weighted by Crippen LogP contribution is -2.49. The normalized spacial score (nSPS) is 22.8. The summed E-state index contributed by atoms with van der Waals surface area (Å²) in [6, 6.07) is 0.384. The van der Waals surface area contributed by atoms with Crippen molar-refractivity contribution in [3.05, 3.63) is 0 Å². The average molecular weight is 281 g/mol. The van der Waals surface area contributed by atoms with Crippen LogP contribution < -0.4 is 10.6 Å². The van der Waals surface area contributed by atoms with Crippen LogP contribution in [0.15, 0.2) is 0 Å². The van der Waals surface area contributed by atoms with Crippen LogP contribution in [0, 0.1) is 11.8 Å². The van der Waals surface area contributed by atoms with Crippen LogP contribution in [0.25, 0.3) is 0 Å². The molecule has 2 fully saturated rings. The first-order valence-electron chi connectivity index (χ1n) is 7.89. The zero-order valence-electron chi connectivity index (χ0n) is 12.7. The van der Waals surface area contributed by atoms with E-state index in [1.54, 1.807) is 4.90 Å². The summed E-state index contributed by atoms with van der Waals surface area (Å²) < 4.78 is 0. The topological polar surface area (TPSA) is 61.4 Å². The van der Waals surface area contributed by atoms with Gasteiger partial charge in [-0.1, -0.05) is 13.8 Å². The molecule has 0 radical (unpaired) electrons. The molecule has 0 aromatic rings. The molecule has 2 aliphatic rings. The summed E-state index contributed by atoms with van der Waals surface area (Å²) in [6.45, 7) is 6.37. The maximum atomic E-state index is 12.1. The van der Waals surface area contributed by atoms with E-state index < -0.39 is 0 Å². The largest absolute Gasteiger partial charge is 0.356 e. The van der Waals surface area contributed by atoms with Gasteiger partial charge in [0.1, 0.15) is 0 Å². The second-order valence-electron chi connectivity index (χ2n) is 6.48. The molecule has 1 heterocycles. The Kier molecular flexibility index (Phi) is 5.26. The van der Waals surface area contributed by atoms with E-state index in [1.165, 1.54) is 0 Å². The van der Waals surface area contributed by atoms with Crippen molar-refractivity contribution in [2.75, 3.05) is 19.6 Å². The maximum Gasteiger partial charge on any atom is 0.317 e. The first kappa shape index (κ1) is 15.1. The van der Waals surface area contributed by atoms with Crippen molar-refractivity contribution in [1.82, 2.24) is 15.5 Å². The highest BCUT2D eigenvalue weighted by Crippen LogP contribution is 2.21. The zero-order chi connectivity index (χ0) is 14.5. The summed E-state index contributed by atoms with van der Waals surface area (Å²) >= 11 is 0. The third-order valence-electron chi connectivity index (χ3n) is 4.01. The molecule has 0 bridgehead atoms. The highest BCUT2D eigenvalue weighted by molar-refractivity contribution is 5.81. The number of hydrogen-bond donors (Lipinski definition) is 2. The van der Waals surface area contributed by atoms with E-state index in [0.717, 1.165) is 45.2 Å². The van der Waals surface area contributed by atoms with Crippen molar-refractivity contribution in [2.24, 2.45) is 11.8 Å². The number of carbonyl (C=O) groups excluding carboxylic acids is 2. The summed E-state index contributed by atoms with van der Waals surface area (Å²) in [7, 11) is 0. The van der Waals surface area contributed by atoms with Crippen LogP contribution in [0.2, 0.25) is 0 Å². The summed E-state index contributed by atoms with van der Waals surface area (Å²) in [6.07, 6.45) is 5.00. The molecule has 2 rings (SSSR count). The Morgan fingerprint density at radius 3 is 2.65 bits per heavy atom. The number of nitrogens with zero attached hydrogens (tertiary/aromatic N) is 1. The zero-order valence-corrected chi connectivity index (χ0v) is 12.7. The first-order valence-corrected chi connectivity index (χ1v) is 7.89. The van der Waals surface area contributed by atoms with Crippen LogP contribution in [0.5, 0.6) is 0 Å². The summed E-state index contributed by atoms with van der Waals surface area (Å²) in [4.78, 5) is 25.9. The lowest BCUT2D eigenvalue weighted by molar-refractivity contribution is -0.126. The molecule has 0 aromatic carbocycles. The van der Waals surface area contributed by atoms with E-state index in [-0.39, 0.29) is 17.9 Å². The van der Waals surface area contributed by atoms with Gasteiger partial charge in [0.25, 0.3) is 0 Å². The van der Waals surface area contributed by atoms with E-state index in [0.29, 0.717) is 18.5 Å². The second kappa shape index (κ2) is 6.95. The third kappa shape index (κ3) is 4.69. The van der Waals surface area contributed by atoms with Gasteiger partial charge in [0.05, 0.1) is 5.92 Å². The van der Waals surface area contributed by atoms with Gasteiger partial charge in [-0.25, -0.2) is 4.79 Å².